The molecule has 0 fully saturated rings. The molecule has 17 heteroatoms. The second kappa shape index (κ2) is 33.4. The molecule has 0 amide bonds. The standard InChI is InChI=1S/C26H15NOS.2C24H15N3O.C23H14N2O.C23H16N2O/c1-3-9-20-19(7-1)24-21(13-12-16-14-15-28-25(16)24)27(20)22-10-5-8-18-17-6-2-4-11-23(17)29-26(18)22;1-2-8-20-18(6-1)23-21(11-10-16-12-14-28-24(16)23)27(20)22-9-3-7-19(26-22)17-5-4-13-25-15-17;1-2-6-16(7-3-1)19-14-26-22(15-25-19)27-20-9-5-4-8-18(20)23-21(27)11-10-17-12-13-28-24(17)23;1-3-7-18-15(5-1)10-12-21(24-18)25-19-8-4-2-6-17(19)22-20(25)11-9-16-13-14-26-23(16)22;1-2-7-19(8-3-1)25(20-11-10-17-12-13-26-23(17)14-20)22-16-24-15-18-6-4-5-9-21(18)22/h1-15H;2*1-15H;1-14H;1-16H. The van der Waals surface area contributed by atoms with Gasteiger partial charge < -0.3 is 31.6 Å². The van der Waals surface area contributed by atoms with E-state index < -0.39 is 0 Å². The zero-order chi connectivity index (χ0) is 90.4. The van der Waals surface area contributed by atoms with Crippen molar-refractivity contribution in [1.29, 1.82) is 0 Å². The minimum Gasteiger partial charge on any atom is -0.464 e. The monoisotopic (exact) mass is 1780 g/mol. The topological polar surface area (TPSA) is 166 Å². The minimum absolute atomic E-state index is 0.789. The lowest BCUT2D eigenvalue weighted by atomic mass is 10.1. The van der Waals surface area contributed by atoms with E-state index in [9.17, 15) is 0 Å². The van der Waals surface area contributed by atoms with Crippen molar-refractivity contribution in [2.45, 2.75) is 0 Å². The molecule has 0 atom stereocenters. The number of thiophene rings is 1. The predicted octanol–water partition coefficient (Wildman–Crippen LogP) is 32.4. The van der Waals surface area contributed by atoms with Gasteiger partial charge >= 0.3 is 0 Å². The number of hydrogen-bond acceptors (Lipinski definition) is 13. The molecule has 0 spiro atoms. The van der Waals surface area contributed by atoms with Crippen LogP contribution in [0.3, 0.4) is 0 Å². The fourth-order valence-corrected chi connectivity index (χ4v) is 21.0. The second-order valence-corrected chi connectivity index (χ2v) is 34.7. The first-order valence-corrected chi connectivity index (χ1v) is 46.1. The van der Waals surface area contributed by atoms with Crippen LogP contribution in [0.4, 0.5) is 17.1 Å². The van der Waals surface area contributed by atoms with Gasteiger partial charge in [-0.2, -0.15) is 0 Å². The second-order valence-electron chi connectivity index (χ2n) is 33.7. The van der Waals surface area contributed by atoms with Crippen LogP contribution in [-0.4, -0.2) is 48.2 Å². The molecule has 0 aliphatic carbocycles. The van der Waals surface area contributed by atoms with Gasteiger partial charge in [-0.25, -0.2) is 15.0 Å². The molecule has 0 bridgehead atoms. The van der Waals surface area contributed by atoms with Gasteiger partial charge in [0.1, 0.15) is 39.6 Å². The fourth-order valence-electron chi connectivity index (χ4n) is 19.8. The van der Waals surface area contributed by atoms with E-state index in [0.29, 0.717) is 0 Å². The Balaban J connectivity index is 0.0000000887. The largest absolute Gasteiger partial charge is 0.464 e. The lowest BCUT2D eigenvalue weighted by molar-refractivity contribution is 0.616. The third kappa shape index (κ3) is 13.7. The maximum absolute atomic E-state index is 5.91. The Kier molecular flexibility index (Phi) is 19.3. The average Bonchev–Trinajstić information content (AvgIpc) is 1.63. The SMILES string of the molecule is c1ccc(-c2cnc(-n3c4ccccc4c4c5occc5ccc43)cn2)cc1.c1ccc(N(c2ccc3ccoc3c2)c2cncc3ccccc23)cc1.c1ccc2c(c1)sc1c(-n3c4ccccc4c4c5occc5ccc43)cccc12.c1ccc2nc(-n3c4ccccc4c4c5occc5ccc43)ccc2c1.c1cncc(-c2cccc(-n3c4ccccc4c4c5occc5ccc43)n2)c1. The number of benzene rings is 15. The van der Waals surface area contributed by atoms with Gasteiger partial charge in [0.15, 0.2) is 5.82 Å². The molecule has 0 saturated heterocycles. The average molecular weight is 1780 g/mol. The van der Waals surface area contributed by atoms with E-state index in [1.165, 1.54) is 53.1 Å². The predicted molar refractivity (Wildman–Crippen MR) is 559 cm³/mol. The Labute approximate surface area is 784 Å². The lowest BCUT2D eigenvalue weighted by Crippen LogP contribution is -2.10. The van der Waals surface area contributed by atoms with Crippen molar-refractivity contribution in [3.63, 3.8) is 0 Å². The molecule has 0 aliphatic heterocycles. The van der Waals surface area contributed by atoms with Gasteiger partial charge in [-0.3, -0.25) is 28.7 Å². The first kappa shape index (κ1) is 79.4. The molecular weight excluding hydrogens is 1710 g/mol. The Morgan fingerprint density at radius 3 is 1.32 bits per heavy atom. The summed E-state index contributed by atoms with van der Waals surface area (Å²) in [6.45, 7) is 0. The van der Waals surface area contributed by atoms with Crippen molar-refractivity contribution in [2.75, 3.05) is 4.90 Å². The van der Waals surface area contributed by atoms with E-state index in [1.807, 2.05) is 176 Å². The molecule has 15 aromatic heterocycles. The van der Waals surface area contributed by atoms with Crippen LogP contribution in [0.2, 0.25) is 0 Å². The Morgan fingerprint density at radius 1 is 0.255 bits per heavy atom. The normalized spacial score (nSPS) is 11.6. The third-order valence-electron chi connectivity index (χ3n) is 25.9. The highest BCUT2D eigenvalue weighted by molar-refractivity contribution is 7.26. The molecule has 137 heavy (non-hydrogen) atoms. The van der Waals surface area contributed by atoms with Gasteiger partial charge in [0.2, 0.25) is 0 Å². The van der Waals surface area contributed by atoms with Crippen LogP contribution in [0, 0.1) is 0 Å². The van der Waals surface area contributed by atoms with Gasteiger partial charge in [0.25, 0.3) is 0 Å². The Bertz CT molecular complexity index is 9860. The van der Waals surface area contributed by atoms with Crippen LogP contribution in [0.25, 0.3) is 230 Å². The van der Waals surface area contributed by atoms with Gasteiger partial charge in [-0.05, 0) is 182 Å². The van der Waals surface area contributed by atoms with E-state index in [-0.39, 0.29) is 0 Å². The highest BCUT2D eigenvalue weighted by Crippen LogP contribution is 2.47. The summed E-state index contributed by atoms with van der Waals surface area (Å²) in [5.41, 5.74) is 22.7. The Morgan fingerprint density at radius 2 is 0.730 bits per heavy atom. The quantitative estimate of drug-likeness (QED) is 0.134. The summed E-state index contributed by atoms with van der Waals surface area (Å²) < 4.78 is 40.6. The summed E-state index contributed by atoms with van der Waals surface area (Å²) in [7, 11) is 0. The summed E-state index contributed by atoms with van der Waals surface area (Å²) >= 11 is 1.86. The maximum Gasteiger partial charge on any atom is 0.156 e. The molecule has 0 radical (unpaired) electrons. The molecule has 0 N–H and O–H groups in total. The summed E-state index contributed by atoms with van der Waals surface area (Å²) in [5, 5.41) is 20.9. The molecule has 646 valence electrons. The zero-order valence-electron chi connectivity index (χ0n) is 73.2. The minimum atomic E-state index is 0.789. The number of fused-ring (bicyclic) bond motifs is 26. The summed E-state index contributed by atoms with van der Waals surface area (Å²) in [6.07, 6.45) is 19.8. The van der Waals surface area contributed by atoms with Crippen LogP contribution in [0.5, 0.6) is 0 Å². The van der Waals surface area contributed by atoms with Crippen LogP contribution in [-0.2, 0) is 0 Å². The van der Waals surface area contributed by atoms with Crippen LogP contribution >= 0.6 is 11.3 Å². The van der Waals surface area contributed by atoms with Crippen molar-refractivity contribution in [2.24, 2.45) is 0 Å². The highest BCUT2D eigenvalue weighted by atomic mass is 32.1. The van der Waals surface area contributed by atoms with Crippen molar-refractivity contribution in [3.05, 3.63) is 457 Å². The first-order chi connectivity index (χ1) is 68.0. The number of rotatable bonds is 9. The molecule has 15 aromatic carbocycles. The third-order valence-corrected chi connectivity index (χ3v) is 27.1. The van der Waals surface area contributed by atoms with E-state index in [0.717, 1.165) is 194 Å². The van der Waals surface area contributed by atoms with E-state index in [1.54, 1.807) is 37.5 Å². The number of aromatic nitrogens is 10. The number of furan rings is 5. The number of hydrogen-bond donors (Lipinski definition) is 0. The zero-order valence-corrected chi connectivity index (χ0v) is 74.0. The molecule has 30 aromatic rings. The Hall–Kier alpha value is -18.6. The van der Waals surface area contributed by atoms with Crippen molar-refractivity contribution >= 4 is 212 Å². The van der Waals surface area contributed by atoms with Gasteiger partial charge in [0.05, 0.1) is 149 Å². The smallest absolute Gasteiger partial charge is 0.156 e. The van der Waals surface area contributed by atoms with E-state index in [2.05, 4.69) is 293 Å². The van der Waals surface area contributed by atoms with Gasteiger partial charge in [0, 0.05) is 127 Å². The van der Waals surface area contributed by atoms with Crippen molar-refractivity contribution in [1.82, 2.24) is 48.2 Å². The number of pyridine rings is 4. The maximum atomic E-state index is 5.91. The van der Waals surface area contributed by atoms with Crippen molar-refractivity contribution in [3.8, 4) is 45.7 Å². The van der Waals surface area contributed by atoms with E-state index in [4.69, 9.17) is 37.0 Å². The molecule has 0 aliphatic rings. The van der Waals surface area contributed by atoms with Crippen LogP contribution in [0.15, 0.2) is 479 Å². The first-order valence-electron chi connectivity index (χ1n) is 45.3. The fraction of sp³-hybridized carbons (Fsp3) is 0. The van der Waals surface area contributed by atoms with Gasteiger partial charge in [-0.1, -0.05) is 200 Å². The molecule has 15 heterocycles. The molecule has 30 rings (SSSR count). The lowest BCUT2D eigenvalue weighted by Gasteiger charge is -2.26. The molecule has 0 unspecified atom stereocenters. The van der Waals surface area contributed by atoms with Gasteiger partial charge in [-0.15, -0.1) is 11.3 Å². The molecule has 16 nitrogen and oxygen atoms in total. The number of nitrogens with zero attached hydrogens (tertiary/aromatic N) is 11. The number of anilines is 3. The van der Waals surface area contributed by atoms with Crippen LogP contribution < -0.4 is 4.90 Å². The van der Waals surface area contributed by atoms with Crippen molar-refractivity contribution < 1.29 is 22.1 Å². The molecular formula is C120H75N11O5S. The number of para-hydroxylation sites is 6. The molecule has 0 saturated carbocycles. The summed E-state index contributed by atoms with van der Waals surface area (Å²) in [4.78, 5) is 30.2. The highest BCUT2D eigenvalue weighted by Gasteiger charge is 2.25. The van der Waals surface area contributed by atoms with Crippen LogP contribution in [0.1, 0.15) is 0 Å². The summed E-state index contributed by atoms with van der Waals surface area (Å²) in [5.74, 6) is 2.58. The van der Waals surface area contributed by atoms with E-state index >= 15 is 0 Å². The summed E-state index contributed by atoms with van der Waals surface area (Å²) in [6, 6.07) is 134.